The first-order valence-corrected chi connectivity index (χ1v) is 9.60. The number of halogens is 2. The van der Waals surface area contributed by atoms with Gasteiger partial charge in [-0.05, 0) is 30.7 Å². The number of sulfone groups is 1. The number of rotatable bonds is 3. The second-order valence-electron chi connectivity index (χ2n) is 5.26. The fraction of sp³-hybridized carbons (Fsp3) is 0.125. The second kappa shape index (κ2) is 6.03. The van der Waals surface area contributed by atoms with Gasteiger partial charge in [0.05, 0.1) is 0 Å². The lowest BCUT2D eigenvalue weighted by Crippen LogP contribution is -2.05. The maximum Gasteiger partial charge on any atom is 0.181 e. The molecule has 2 heterocycles. The van der Waals surface area contributed by atoms with E-state index in [0.717, 1.165) is 24.1 Å². The smallest absolute Gasteiger partial charge is 0.181 e. The molecule has 0 radical (unpaired) electrons. The Kier molecular flexibility index (Phi) is 4.18. The normalized spacial score (nSPS) is 11.7. The van der Waals surface area contributed by atoms with Crippen LogP contribution in [0.15, 0.2) is 40.9 Å². The summed E-state index contributed by atoms with van der Waals surface area (Å²) < 4.78 is 51.4. The Morgan fingerprint density at radius 3 is 2.33 bits per heavy atom. The van der Waals surface area contributed by atoms with Crippen LogP contribution in [-0.2, 0) is 9.84 Å². The zero-order chi connectivity index (χ0) is 17.5. The minimum Gasteiger partial charge on any atom is -0.264 e. The van der Waals surface area contributed by atoms with Gasteiger partial charge in [0, 0.05) is 40.9 Å². The van der Waals surface area contributed by atoms with Crippen LogP contribution in [0.5, 0.6) is 0 Å². The Bertz CT molecular complexity index is 1010. The van der Waals surface area contributed by atoms with Crippen LogP contribution in [0.3, 0.4) is 0 Å². The highest BCUT2D eigenvalue weighted by atomic mass is 32.2. The summed E-state index contributed by atoms with van der Waals surface area (Å²) in [4.78, 5) is 7.45. The molecule has 24 heavy (non-hydrogen) atoms. The van der Waals surface area contributed by atoms with E-state index in [1.54, 1.807) is 12.3 Å². The van der Waals surface area contributed by atoms with E-state index in [9.17, 15) is 17.2 Å². The highest BCUT2D eigenvalue weighted by molar-refractivity contribution is 7.90. The van der Waals surface area contributed by atoms with E-state index in [2.05, 4.69) is 9.97 Å². The Hall–Kier alpha value is -2.19. The fourth-order valence-electron chi connectivity index (χ4n) is 2.36. The van der Waals surface area contributed by atoms with Crippen LogP contribution < -0.4 is 0 Å². The lowest BCUT2D eigenvalue weighted by molar-refractivity contribution is 0.522. The number of pyridine rings is 1. The van der Waals surface area contributed by atoms with Crippen molar-refractivity contribution in [2.45, 2.75) is 11.8 Å². The Labute approximate surface area is 141 Å². The number of thiazole rings is 1. The van der Waals surface area contributed by atoms with E-state index < -0.39 is 26.4 Å². The van der Waals surface area contributed by atoms with Crippen LogP contribution in [0.2, 0.25) is 0 Å². The van der Waals surface area contributed by atoms with Gasteiger partial charge in [0.1, 0.15) is 21.5 Å². The first-order valence-electron chi connectivity index (χ1n) is 6.83. The van der Waals surface area contributed by atoms with Gasteiger partial charge in [-0.1, -0.05) is 0 Å². The van der Waals surface area contributed by atoms with Gasteiger partial charge in [-0.25, -0.2) is 22.2 Å². The summed E-state index contributed by atoms with van der Waals surface area (Å²) in [5.41, 5.74) is 2.19. The number of aryl methyl sites for hydroxylation is 1. The highest BCUT2D eigenvalue weighted by Crippen LogP contribution is 2.35. The minimum absolute atomic E-state index is 0.202. The molecular formula is C16H12F2N2O2S2. The molecule has 3 aromatic rings. The molecular weight excluding hydrogens is 354 g/mol. The molecule has 0 saturated carbocycles. The van der Waals surface area contributed by atoms with Crippen LogP contribution in [0.25, 0.3) is 21.7 Å². The molecule has 0 fully saturated rings. The Balaban J connectivity index is 2.21. The van der Waals surface area contributed by atoms with Gasteiger partial charge in [0.15, 0.2) is 9.84 Å². The van der Waals surface area contributed by atoms with Crippen LogP contribution in [-0.4, -0.2) is 24.6 Å². The topological polar surface area (TPSA) is 59.9 Å². The van der Waals surface area contributed by atoms with Crippen molar-refractivity contribution in [3.8, 4) is 21.7 Å². The molecule has 124 valence electrons. The quantitative estimate of drug-likeness (QED) is 0.706. The molecule has 0 atom stereocenters. The second-order valence-corrected chi connectivity index (χ2v) is 8.07. The Morgan fingerprint density at radius 2 is 1.79 bits per heavy atom. The number of benzene rings is 1. The number of nitrogens with zero attached hydrogens (tertiary/aromatic N) is 2. The van der Waals surface area contributed by atoms with Gasteiger partial charge >= 0.3 is 0 Å². The third-order valence-corrected chi connectivity index (χ3v) is 5.48. The minimum atomic E-state index is -4.00. The molecule has 0 bridgehead atoms. The van der Waals surface area contributed by atoms with E-state index in [1.165, 1.54) is 17.5 Å². The molecule has 0 aliphatic rings. The molecule has 0 amide bonds. The van der Waals surface area contributed by atoms with Crippen LogP contribution in [0.1, 0.15) is 5.69 Å². The molecule has 0 unspecified atom stereocenters. The van der Waals surface area contributed by atoms with Gasteiger partial charge in [-0.15, -0.1) is 11.3 Å². The average molecular weight is 366 g/mol. The van der Waals surface area contributed by atoms with E-state index >= 15 is 0 Å². The molecule has 0 aliphatic carbocycles. The van der Waals surface area contributed by atoms with Gasteiger partial charge in [-0.3, -0.25) is 4.98 Å². The predicted molar refractivity (Wildman–Crippen MR) is 88.5 cm³/mol. The van der Waals surface area contributed by atoms with Gasteiger partial charge in [0.2, 0.25) is 0 Å². The first-order chi connectivity index (χ1) is 11.3. The summed E-state index contributed by atoms with van der Waals surface area (Å²) >= 11 is 1.41. The maximum atomic E-state index is 14.2. The molecule has 0 saturated heterocycles. The van der Waals surface area contributed by atoms with Gasteiger partial charge in [0.25, 0.3) is 0 Å². The molecule has 8 heteroatoms. The predicted octanol–water partition coefficient (Wildman–Crippen LogP) is 3.86. The maximum absolute atomic E-state index is 14.2. The van der Waals surface area contributed by atoms with Crippen molar-refractivity contribution in [1.29, 1.82) is 0 Å². The third kappa shape index (κ3) is 3.07. The first kappa shape index (κ1) is 16.7. The highest BCUT2D eigenvalue weighted by Gasteiger charge is 2.22. The largest absolute Gasteiger partial charge is 0.264 e. The molecule has 0 N–H and O–H groups in total. The summed E-state index contributed by atoms with van der Waals surface area (Å²) in [6.07, 6.45) is 3.80. The monoisotopic (exact) mass is 366 g/mol. The zero-order valence-corrected chi connectivity index (χ0v) is 14.4. The number of aromatic nitrogens is 2. The van der Waals surface area contributed by atoms with E-state index in [-0.39, 0.29) is 5.56 Å². The summed E-state index contributed by atoms with van der Waals surface area (Å²) in [5.74, 6) is -2.25. The van der Waals surface area contributed by atoms with Gasteiger partial charge in [-0.2, -0.15) is 0 Å². The van der Waals surface area contributed by atoms with Crippen molar-refractivity contribution >= 4 is 21.2 Å². The van der Waals surface area contributed by atoms with Crippen molar-refractivity contribution in [1.82, 2.24) is 9.97 Å². The molecule has 4 nitrogen and oxygen atoms in total. The summed E-state index contributed by atoms with van der Waals surface area (Å²) in [5, 5.41) is 2.56. The zero-order valence-electron chi connectivity index (χ0n) is 12.7. The molecule has 1 aromatic carbocycles. The average Bonchev–Trinajstić information content (AvgIpc) is 2.91. The fourth-order valence-corrected chi connectivity index (χ4v) is 4.02. The Morgan fingerprint density at radius 1 is 1.12 bits per heavy atom. The van der Waals surface area contributed by atoms with Crippen molar-refractivity contribution in [3.63, 3.8) is 0 Å². The van der Waals surface area contributed by atoms with Crippen LogP contribution in [0.4, 0.5) is 8.78 Å². The van der Waals surface area contributed by atoms with Crippen molar-refractivity contribution in [3.05, 3.63) is 53.3 Å². The van der Waals surface area contributed by atoms with Crippen LogP contribution in [0, 0.1) is 18.6 Å². The summed E-state index contributed by atoms with van der Waals surface area (Å²) in [7, 11) is -4.00. The number of hydrogen-bond acceptors (Lipinski definition) is 5. The van der Waals surface area contributed by atoms with Gasteiger partial charge < -0.3 is 0 Å². The third-order valence-electron chi connectivity index (χ3n) is 3.35. The summed E-state index contributed by atoms with van der Waals surface area (Å²) in [6.45, 7) is 1.85. The van der Waals surface area contributed by atoms with Crippen molar-refractivity contribution in [2.24, 2.45) is 0 Å². The standard InChI is InChI=1S/C16H12F2N2O2S2/c1-9-8-23-16(20-9)11-3-4-19-7-12(11)10-5-13(17)15(14(18)6-10)24(2,21)22/h3-8H,1-2H3. The molecule has 3 rings (SSSR count). The summed E-state index contributed by atoms with van der Waals surface area (Å²) in [6, 6.07) is 3.70. The number of hydrogen-bond donors (Lipinski definition) is 0. The SMILES string of the molecule is Cc1csc(-c2ccncc2-c2cc(F)c(S(C)(=O)=O)c(F)c2)n1. The molecule has 0 spiro atoms. The van der Waals surface area contributed by atoms with Crippen molar-refractivity contribution in [2.75, 3.05) is 6.26 Å². The lowest BCUT2D eigenvalue weighted by atomic mass is 10.0. The van der Waals surface area contributed by atoms with E-state index in [1.807, 2.05) is 12.3 Å². The van der Waals surface area contributed by atoms with E-state index in [4.69, 9.17) is 0 Å². The van der Waals surface area contributed by atoms with Crippen LogP contribution >= 0.6 is 11.3 Å². The van der Waals surface area contributed by atoms with E-state index in [0.29, 0.717) is 16.1 Å². The van der Waals surface area contributed by atoms with Crippen molar-refractivity contribution < 1.29 is 17.2 Å². The molecule has 0 aliphatic heterocycles. The lowest BCUT2D eigenvalue weighted by Gasteiger charge is -2.10. The molecule has 2 aromatic heterocycles.